The first-order valence-electron chi connectivity index (χ1n) is 13.0. The van der Waals surface area contributed by atoms with Crippen molar-refractivity contribution in [3.8, 4) is 0 Å². The van der Waals surface area contributed by atoms with Crippen LogP contribution in [0.3, 0.4) is 0 Å². The van der Waals surface area contributed by atoms with Gasteiger partial charge < -0.3 is 19.9 Å². The lowest BCUT2D eigenvalue weighted by Gasteiger charge is -2.35. The molecule has 1 aromatic carbocycles. The van der Waals surface area contributed by atoms with Crippen molar-refractivity contribution in [2.75, 3.05) is 40.4 Å². The summed E-state index contributed by atoms with van der Waals surface area (Å²) in [5.41, 5.74) is -0.831. The Kier molecular flexibility index (Phi) is 7.17. The van der Waals surface area contributed by atoms with Crippen LogP contribution in [-0.4, -0.2) is 55.4 Å². The van der Waals surface area contributed by atoms with Gasteiger partial charge in [-0.2, -0.15) is 0 Å². The van der Waals surface area contributed by atoms with Crippen molar-refractivity contribution in [3.63, 3.8) is 0 Å². The number of alkyl halides is 2. The van der Waals surface area contributed by atoms with Crippen LogP contribution in [0.5, 0.6) is 0 Å². The number of carbonyl (C=O) groups excluding carboxylic acids is 1. The molecular formula is C26H31F3N4O5S. The number of hydrogen-bond acceptors (Lipinski definition) is 6. The zero-order valence-electron chi connectivity index (χ0n) is 21.3. The van der Waals surface area contributed by atoms with E-state index >= 15 is 4.39 Å². The molecule has 1 aliphatic heterocycles. The molecule has 212 valence electrons. The van der Waals surface area contributed by atoms with E-state index in [0.717, 1.165) is 31.7 Å². The zero-order chi connectivity index (χ0) is 28.0. The molecule has 1 amide bonds. The Labute approximate surface area is 224 Å². The molecule has 39 heavy (non-hydrogen) atoms. The molecule has 0 unspecified atom stereocenters. The van der Waals surface area contributed by atoms with E-state index in [9.17, 15) is 26.8 Å². The third-order valence-corrected chi connectivity index (χ3v) is 9.31. The van der Waals surface area contributed by atoms with Gasteiger partial charge in [-0.3, -0.25) is 14.3 Å². The Morgan fingerprint density at radius 3 is 2.46 bits per heavy atom. The van der Waals surface area contributed by atoms with Gasteiger partial charge in [-0.1, -0.05) is 0 Å². The van der Waals surface area contributed by atoms with Crippen LogP contribution in [0.4, 0.5) is 30.2 Å². The Morgan fingerprint density at radius 2 is 1.85 bits per heavy atom. The normalized spacial score (nSPS) is 21.6. The topological polar surface area (TPSA) is 121 Å². The largest absolute Gasteiger partial charge is 0.395 e. The van der Waals surface area contributed by atoms with Gasteiger partial charge in [0.05, 0.1) is 29.3 Å². The number of aromatic nitrogens is 1. The smallest absolute Gasteiger partial charge is 0.274 e. The Morgan fingerprint density at radius 1 is 1.13 bits per heavy atom. The number of anilines is 3. The summed E-state index contributed by atoms with van der Waals surface area (Å²) in [6.45, 7) is 0.466. The van der Waals surface area contributed by atoms with Crippen LogP contribution in [-0.2, 0) is 10.0 Å². The predicted molar refractivity (Wildman–Crippen MR) is 140 cm³/mol. The number of piperidine rings is 1. The van der Waals surface area contributed by atoms with Gasteiger partial charge in [-0.15, -0.1) is 0 Å². The quantitative estimate of drug-likeness (QED) is 0.447. The summed E-state index contributed by atoms with van der Waals surface area (Å²) in [6.07, 6.45) is 4.65. The fraction of sp³-hybridized carbons (Fsp3) is 0.538. The standard InChI is InChI=1S/C26H31F3N4O5S/c27-19-14-17(31-39(37,38)13-12-34)15-21(32-10-7-25(5-6-25)8-11-32)22(19)23(35)30-20-2-1-9-33(24(20)36)18-3-4-26(28,29)16-18/h1-2,9,14-15,18,31,34H,3-8,10-13,16H2,(H,30,35)/t18-/m1/s1. The molecule has 3 fully saturated rings. The minimum absolute atomic E-state index is 0.0940. The van der Waals surface area contributed by atoms with Crippen molar-refractivity contribution in [2.24, 2.45) is 5.41 Å². The van der Waals surface area contributed by atoms with E-state index in [1.54, 1.807) is 0 Å². The van der Waals surface area contributed by atoms with Crippen LogP contribution in [0.25, 0.3) is 0 Å². The second-order valence-electron chi connectivity index (χ2n) is 10.8. The van der Waals surface area contributed by atoms with E-state index in [1.165, 1.54) is 29.0 Å². The summed E-state index contributed by atoms with van der Waals surface area (Å²) < 4.78 is 70.8. The number of amides is 1. The lowest BCUT2D eigenvalue weighted by molar-refractivity contribution is 0.00550. The molecule has 5 rings (SSSR count). The molecule has 2 heterocycles. The first kappa shape index (κ1) is 27.5. The molecule has 2 aliphatic carbocycles. The van der Waals surface area contributed by atoms with Crippen molar-refractivity contribution < 1.29 is 31.5 Å². The predicted octanol–water partition coefficient (Wildman–Crippen LogP) is 3.71. The fourth-order valence-corrected chi connectivity index (χ4v) is 6.44. The van der Waals surface area contributed by atoms with Gasteiger partial charge >= 0.3 is 0 Å². The third-order valence-electron chi connectivity index (χ3n) is 8.05. The van der Waals surface area contributed by atoms with Crippen molar-refractivity contribution in [2.45, 2.75) is 56.9 Å². The lowest BCUT2D eigenvalue weighted by Crippen LogP contribution is -2.36. The molecule has 13 heteroatoms. The number of aliphatic hydroxyl groups excluding tert-OH is 1. The van der Waals surface area contributed by atoms with Crippen LogP contribution >= 0.6 is 0 Å². The highest BCUT2D eigenvalue weighted by Gasteiger charge is 2.45. The molecule has 9 nitrogen and oxygen atoms in total. The van der Waals surface area contributed by atoms with E-state index in [1.807, 2.05) is 4.90 Å². The second kappa shape index (κ2) is 10.2. The maximum absolute atomic E-state index is 15.5. The van der Waals surface area contributed by atoms with Crippen molar-refractivity contribution in [3.05, 3.63) is 52.2 Å². The van der Waals surface area contributed by atoms with Crippen molar-refractivity contribution >= 4 is 33.0 Å². The van der Waals surface area contributed by atoms with Gasteiger partial charge in [-0.05, 0) is 61.8 Å². The number of aliphatic hydroxyl groups is 1. The number of halogens is 3. The lowest BCUT2D eigenvalue weighted by atomic mass is 9.93. The second-order valence-corrected chi connectivity index (χ2v) is 12.7. The van der Waals surface area contributed by atoms with E-state index in [4.69, 9.17) is 5.11 Å². The van der Waals surface area contributed by atoms with Gasteiger partial charge in [0.15, 0.2) is 0 Å². The Balaban J connectivity index is 1.46. The van der Waals surface area contributed by atoms with Crippen LogP contribution < -0.4 is 20.5 Å². The average Bonchev–Trinajstić information content (AvgIpc) is 3.51. The van der Waals surface area contributed by atoms with Gasteiger partial charge in [0.1, 0.15) is 11.5 Å². The van der Waals surface area contributed by atoms with Gasteiger partial charge in [0.25, 0.3) is 11.5 Å². The number of nitrogens with one attached hydrogen (secondary N) is 2. The molecule has 2 aromatic rings. The molecule has 1 spiro atoms. The number of carbonyl (C=O) groups is 1. The molecule has 1 aromatic heterocycles. The summed E-state index contributed by atoms with van der Waals surface area (Å²) >= 11 is 0. The Hall–Kier alpha value is -3.06. The van der Waals surface area contributed by atoms with E-state index < -0.39 is 58.1 Å². The molecule has 3 aliphatic rings. The van der Waals surface area contributed by atoms with Crippen LogP contribution in [0.1, 0.15) is 61.3 Å². The number of benzene rings is 1. The summed E-state index contributed by atoms with van der Waals surface area (Å²) in [6, 6.07) is 4.33. The highest BCUT2D eigenvalue weighted by Crippen LogP contribution is 2.54. The number of sulfonamides is 1. The number of pyridine rings is 1. The van der Waals surface area contributed by atoms with E-state index in [0.29, 0.717) is 13.1 Å². The molecule has 3 N–H and O–H groups in total. The molecule has 2 saturated carbocycles. The summed E-state index contributed by atoms with van der Waals surface area (Å²) in [7, 11) is -3.95. The number of hydrogen-bond donors (Lipinski definition) is 3. The van der Waals surface area contributed by atoms with Crippen LogP contribution in [0.2, 0.25) is 0 Å². The monoisotopic (exact) mass is 568 g/mol. The number of nitrogens with zero attached hydrogens (tertiary/aromatic N) is 2. The molecule has 1 atom stereocenters. The van der Waals surface area contributed by atoms with Crippen LogP contribution in [0.15, 0.2) is 35.3 Å². The maximum atomic E-state index is 15.5. The number of rotatable bonds is 8. The van der Waals surface area contributed by atoms with Crippen molar-refractivity contribution in [1.82, 2.24) is 4.57 Å². The summed E-state index contributed by atoms with van der Waals surface area (Å²) in [5, 5.41) is 11.5. The highest BCUT2D eigenvalue weighted by molar-refractivity contribution is 7.92. The summed E-state index contributed by atoms with van der Waals surface area (Å²) in [4.78, 5) is 28.3. The maximum Gasteiger partial charge on any atom is 0.274 e. The van der Waals surface area contributed by atoms with Gasteiger partial charge in [-0.25, -0.2) is 21.6 Å². The first-order chi connectivity index (χ1) is 18.4. The van der Waals surface area contributed by atoms with Gasteiger partial charge in [0.2, 0.25) is 15.9 Å². The fourth-order valence-electron chi connectivity index (χ4n) is 5.62. The van der Waals surface area contributed by atoms with Gasteiger partial charge in [0, 0.05) is 38.2 Å². The van der Waals surface area contributed by atoms with E-state index in [-0.39, 0.29) is 40.9 Å². The van der Waals surface area contributed by atoms with E-state index in [2.05, 4.69) is 10.0 Å². The SMILES string of the molecule is O=C(Nc1cccn([C@@H]2CCC(F)(F)C2)c1=O)c1c(F)cc(NS(=O)(=O)CCO)cc1N1CCC2(CC1)CC2. The molecular weight excluding hydrogens is 537 g/mol. The molecule has 1 saturated heterocycles. The first-order valence-corrected chi connectivity index (χ1v) is 14.7. The highest BCUT2D eigenvalue weighted by atomic mass is 32.2. The average molecular weight is 569 g/mol. The zero-order valence-corrected chi connectivity index (χ0v) is 22.1. The summed E-state index contributed by atoms with van der Waals surface area (Å²) in [5.74, 6) is -5.35. The minimum atomic E-state index is -3.95. The molecule has 0 radical (unpaired) electrons. The molecule has 0 bridgehead atoms. The van der Waals surface area contributed by atoms with Crippen LogP contribution in [0, 0.1) is 11.2 Å². The minimum Gasteiger partial charge on any atom is -0.395 e. The third kappa shape index (κ3) is 5.93. The Bertz CT molecular complexity index is 1430. The van der Waals surface area contributed by atoms with Crippen molar-refractivity contribution in [1.29, 1.82) is 0 Å².